The molecule has 2 aromatic carbocycles. The number of amides is 1. The van der Waals surface area contributed by atoms with Crippen LogP contribution in [-0.2, 0) is 6.42 Å². The molecule has 2 N–H and O–H groups in total. The minimum atomic E-state index is -0.103. The number of hydrogen-bond acceptors (Lipinski definition) is 3. The molecule has 0 spiro atoms. The highest BCUT2D eigenvalue weighted by molar-refractivity contribution is 5.97. The largest absolute Gasteiger partial charge is 0.489 e. The molecule has 1 amide bonds. The number of hydrogen-bond donors (Lipinski definition) is 2. The number of aromatic nitrogens is 2. The fraction of sp³-hybridized carbons (Fsp3) is 0.300. The minimum Gasteiger partial charge on any atom is -0.489 e. The van der Waals surface area contributed by atoms with Crippen molar-refractivity contribution in [3.63, 3.8) is 0 Å². The third kappa shape index (κ3) is 2.86. The van der Waals surface area contributed by atoms with Crippen LogP contribution in [0.3, 0.4) is 0 Å². The summed E-state index contributed by atoms with van der Waals surface area (Å²) in [6.07, 6.45) is 0.753. The van der Waals surface area contributed by atoms with Crippen LogP contribution in [0.1, 0.15) is 41.5 Å². The number of carbonyl (C=O) groups excluding carboxylic acids is 1. The Kier molecular flexibility index (Phi) is 3.92. The van der Waals surface area contributed by atoms with Gasteiger partial charge in [0.15, 0.2) is 0 Å². The average Bonchev–Trinajstić information content (AvgIpc) is 3.15. The quantitative estimate of drug-likeness (QED) is 0.768. The van der Waals surface area contributed by atoms with Crippen molar-refractivity contribution in [2.75, 3.05) is 6.54 Å². The van der Waals surface area contributed by atoms with Gasteiger partial charge in [-0.05, 0) is 25.1 Å². The summed E-state index contributed by atoms with van der Waals surface area (Å²) in [6.45, 7) is 4.68. The van der Waals surface area contributed by atoms with Gasteiger partial charge in [-0.15, -0.1) is 0 Å². The average molecular weight is 335 g/mol. The van der Waals surface area contributed by atoms with Crippen LogP contribution in [0, 0.1) is 0 Å². The highest BCUT2D eigenvalue weighted by Crippen LogP contribution is 2.40. The van der Waals surface area contributed by atoms with Gasteiger partial charge in [0.05, 0.1) is 16.6 Å². The van der Waals surface area contributed by atoms with Crippen molar-refractivity contribution < 1.29 is 9.53 Å². The molecule has 0 saturated heterocycles. The molecular formula is C20H21N3O2. The maximum Gasteiger partial charge on any atom is 0.255 e. The first-order valence-corrected chi connectivity index (χ1v) is 8.65. The Labute approximate surface area is 146 Å². The third-order valence-electron chi connectivity index (χ3n) is 4.87. The summed E-state index contributed by atoms with van der Waals surface area (Å²) in [6, 6.07) is 13.7. The molecule has 3 aromatic rings. The molecule has 2 heterocycles. The Morgan fingerprint density at radius 1 is 1.20 bits per heavy atom. The van der Waals surface area contributed by atoms with Crippen molar-refractivity contribution in [2.45, 2.75) is 32.3 Å². The zero-order valence-corrected chi connectivity index (χ0v) is 14.4. The number of aromatic amines is 1. The van der Waals surface area contributed by atoms with Crippen molar-refractivity contribution >= 4 is 16.9 Å². The van der Waals surface area contributed by atoms with E-state index in [1.807, 2.05) is 49.4 Å². The Morgan fingerprint density at radius 2 is 2.04 bits per heavy atom. The molecule has 128 valence electrons. The van der Waals surface area contributed by atoms with Crippen molar-refractivity contribution in [3.05, 3.63) is 59.4 Å². The topological polar surface area (TPSA) is 67.0 Å². The molecule has 0 saturated carbocycles. The van der Waals surface area contributed by atoms with Gasteiger partial charge in [-0.1, -0.05) is 31.2 Å². The normalized spacial score (nSPS) is 18.8. The van der Waals surface area contributed by atoms with Gasteiger partial charge >= 0.3 is 0 Å². The van der Waals surface area contributed by atoms with E-state index in [9.17, 15) is 4.79 Å². The Hall–Kier alpha value is -2.82. The van der Waals surface area contributed by atoms with Gasteiger partial charge in [0.1, 0.15) is 17.7 Å². The first-order chi connectivity index (χ1) is 12.1. The molecule has 1 aliphatic rings. The van der Waals surface area contributed by atoms with Crippen LogP contribution in [-0.4, -0.2) is 28.5 Å². The molecule has 5 heteroatoms. The predicted octanol–water partition coefficient (Wildman–Crippen LogP) is 3.42. The molecule has 4 rings (SSSR count). The van der Waals surface area contributed by atoms with E-state index in [-0.39, 0.29) is 12.0 Å². The van der Waals surface area contributed by atoms with Crippen LogP contribution < -0.4 is 10.1 Å². The molecule has 1 aromatic heterocycles. The summed E-state index contributed by atoms with van der Waals surface area (Å²) in [5.41, 5.74) is 3.68. The van der Waals surface area contributed by atoms with E-state index in [0.29, 0.717) is 24.4 Å². The fourth-order valence-corrected chi connectivity index (χ4v) is 3.28. The Bertz CT molecular complexity index is 899. The van der Waals surface area contributed by atoms with E-state index in [0.717, 1.165) is 28.2 Å². The lowest BCUT2D eigenvalue weighted by molar-refractivity contribution is 0.0949. The maximum atomic E-state index is 12.6. The van der Waals surface area contributed by atoms with E-state index in [2.05, 4.69) is 22.2 Å². The number of fused-ring (bicyclic) bond motifs is 2. The summed E-state index contributed by atoms with van der Waals surface area (Å²) in [5.74, 6) is 1.80. The monoisotopic (exact) mass is 335 g/mol. The molecule has 1 aliphatic heterocycles. The number of rotatable bonds is 4. The number of imidazole rings is 1. The summed E-state index contributed by atoms with van der Waals surface area (Å²) in [4.78, 5) is 20.4. The van der Waals surface area contributed by atoms with Crippen LogP contribution in [0.4, 0.5) is 0 Å². The van der Waals surface area contributed by atoms with Crippen molar-refractivity contribution in [3.8, 4) is 5.75 Å². The lowest BCUT2D eigenvalue weighted by Crippen LogP contribution is -2.26. The van der Waals surface area contributed by atoms with Crippen molar-refractivity contribution in [1.29, 1.82) is 0 Å². The molecule has 0 bridgehead atoms. The van der Waals surface area contributed by atoms with Gasteiger partial charge in [0, 0.05) is 24.4 Å². The zero-order valence-electron chi connectivity index (χ0n) is 14.4. The lowest BCUT2D eigenvalue weighted by Gasteiger charge is -2.09. The van der Waals surface area contributed by atoms with E-state index in [1.54, 1.807) is 0 Å². The molecule has 2 atom stereocenters. The second kappa shape index (κ2) is 6.24. The number of nitrogens with zero attached hydrogens (tertiary/aromatic N) is 1. The van der Waals surface area contributed by atoms with Gasteiger partial charge in [0.2, 0.25) is 0 Å². The smallest absolute Gasteiger partial charge is 0.255 e. The maximum absolute atomic E-state index is 12.6. The van der Waals surface area contributed by atoms with Crippen LogP contribution >= 0.6 is 0 Å². The first-order valence-electron chi connectivity index (χ1n) is 8.65. The second-order valence-corrected chi connectivity index (χ2v) is 6.54. The molecule has 2 unspecified atom stereocenters. The second-order valence-electron chi connectivity index (χ2n) is 6.54. The van der Waals surface area contributed by atoms with Crippen molar-refractivity contribution in [2.24, 2.45) is 0 Å². The molecule has 0 fully saturated rings. The van der Waals surface area contributed by atoms with Gasteiger partial charge in [-0.3, -0.25) is 4.79 Å². The molecule has 5 nitrogen and oxygen atoms in total. The summed E-state index contributed by atoms with van der Waals surface area (Å²) >= 11 is 0. The molecule has 0 aliphatic carbocycles. The van der Waals surface area contributed by atoms with Crippen LogP contribution in [0.2, 0.25) is 0 Å². The Morgan fingerprint density at radius 3 is 2.88 bits per heavy atom. The number of benzene rings is 2. The lowest BCUT2D eigenvalue weighted by atomic mass is 9.97. The number of H-pyrrole nitrogens is 1. The summed E-state index contributed by atoms with van der Waals surface area (Å²) < 4.78 is 5.90. The fourth-order valence-electron chi connectivity index (χ4n) is 3.28. The molecular weight excluding hydrogens is 314 g/mol. The highest BCUT2D eigenvalue weighted by atomic mass is 16.5. The SMILES string of the molecule is CC1Oc2c(C(=O)NCCc3nc4ccccc4[nH]3)cccc2C1C. The van der Waals surface area contributed by atoms with Crippen LogP contribution in [0.25, 0.3) is 11.0 Å². The first kappa shape index (κ1) is 15.7. The van der Waals surface area contributed by atoms with Gasteiger partial charge < -0.3 is 15.0 Å². The zero-order chi connectivity index (χ0) is 17.4. The van der Waals surface area contributed by atoms with Gasteiger partial charge in [-0.25, -0.2) is 4.98 Å². The number of nitrogens with one attached hydrogen (secondary N) is 2. The number of para-hydroxylation sites is 3. The number of carbonyl (C=O) groups is 1. The molecule has 25 heavy (non-hydrogen) atoms. The summed E-state index contributed by atoms with van der Waals surface area (Å²) in [7, 11) is 0. The van der Waals surface area contributed by atoms with E-state index >= 15 is 0 Å². The number of ether oxygens (including phenoxy) is 1. The minimum absolute atomic E-state index is 0.0968. The third-order valence-corrected chi connectivity index (χ3v) is 4.87. The van der Waals surface area contributed by atoms with E-state index in [4.69, 9.17) is 4.74 Å². The van der Waals surface area contributed by atoms with E-state index in [1.165, 1.54) is 0 Å². The van der Waals surface area contributed by atoms with Gasteiger partial charge in [0.25, 0.3) is 5.91 Å². The Balaban J connectivity index is 1.43. The van der Waals surface area contributed by atoms with Gasteiger partial charge in [-0.2, -0.15) is 0 Å². The molecule has 0 radical (unpaired) electrons. The van der Waals surface area contributed by atoms with Crippen LogP contribution in [0.5, 0.6) is 5.75 Å². The highest BCUT2D eigenvalue weighted by Gasteiger charge is 2.30. The van der Waals surface area contributed by atoms with E-state index < -0.39 is 0 Å². The standard InChI is InChI=1S/C20H21N3O2/c1-12-13(2)25-19-14(12)6-5-7-15(19)20(24)21-11-10-18-22-16-8-3-4-9-17(16)23-18/h3-9,12-13H,10-11H2,1-2H3,(H,21,24)(H,22,23). The van der Waals surface area contributed by atoms with Crippen LogP contribution in [0.15, 0.2) is 42.5 Å². The summed E-state index contributed by atoms with van der Waals surface area (Å²) in [5, 5.41) is 2.97. The van der Waals surface area contributed by atoms with Crippen molar-refractivity contribution in [1.82, 2.24) is 15.3 Å². The predicted molar refractivity (Wildman–Crippen MR) is 97.1 cm³/mol.